The molecule has 2 rings (SSSR count). The second-order valence-corrected chi connectivity index (χ2v) is 6.62. The summed E-state index contributed by atoms with van der Waals surface area (Å²) in [7, 11) is -4.20. The molecule has 116 valence electrons. The Morgan fingerprint density at radius 1 is 1.33 bits per heavy atom. The lowest BCUT2D eigenvalue weighted by molar-refractivity contribution is -0.131. The fraction of sp³-hybridized carbons (Fsp3) is 0.417. The molecular weight excluding hydrogens is 306 g/mol. The maximum atomic E-state index is 13.1. The number of hydrogen-bond donors (Lipinski definition) is 3. The Kier molecular flexibility index (Phi) is 4.55. The number of carbonyl (C=O) groups is 1. The molecule has 1 amide bonds. The zero-order chi connectivity index (χ0) is 15.6. The standard InChI is InChI=1S/C12H14F2N2O4S/c13-9-4-3-8(6-10(9)14)21(19,20)16-11(12(17)15-18)5-7-1-2-7/h3-4,6-7,11,16,18H,1-2,5H2,(H,15,17). The van der Waals surface area contributed by atoms with Crippen LogP contribution in [-0.2, 0) is 14.8 Å². The number of halogens is 2. The van der Waals surface area contributed by atoms with Gasteiger partial charge in [0.2, 0.25) is 10.0 Å². The summed E-state index contributed by atoms with van der Waals surface area (Å²) in [6.45, 7) is 0. The monoisotopic (exact) mass is 320 g/mol. The highest BCUT2D eigenvalue weighted by atomic mass is 32.2. The largest absolute Gasteiger partial charge is 0.289 e. The first-order valence-corrected chi connectivity index (χ1v) is 7.73. The number of nitrogens with one attached hydrogen (secondary N) is 2. The molecule has 0 heterocycles. The molecule has 21 heavy (non-hydrogen) atoms. The van der Waals surface area contributed by atoms with Gasteiger partial charge in [-0.15, -0.1) is 0 Å². The van der Waals surface area contributed by atoms with E-state index in [0.29, 0.717) is 12.1 Å². The lowest BCUT2D eigenvalue weighted by atomic mass is 10.1. The molecule has 1 unspecified atom stereocenters. The molecule has 0 radical (unpaired) electrons. The van der Waals surface area contributed by atoms with Gasteiger partial charge >= 0.3 is 0 Å². The molecule has 1 fully saturated rings. The summed E-state index contributed by atoms with van der Waals surface area (Å²) in [5, 5.41) is 8.64. The fourth-order valence-corrected chi connectivity index (χ4v) is 3.09. The van der Waals surface area contributed by atoms with Crippen LogP contribution >= 0.6 is 0 Å². The molecule has 1 aromatic rings. The van der Waals surface area contributed by atoms with Crippen molar-refractivity contribution in [3.8, 4) is 0 Å². The van der Waals surface area contributed by atoms with Crippen molar-refractivity contribution in [1.29, 1.82) is 0 Å². The third-order valence-electron chi connectivity index (χ3n) is 3.19. The van der Waals surface area contributed by atoms with E-state index in [2.05, 4.69) is 4.72 Å². The van der Waals surface area contributed by atoms with Crippen LogP contribution in [0.4, 0.5) is 8.78 Å². The minimum Gasteiger partial charge on any atom is -0.289 e. The van der Waals surface area contributed by atoms with E-state index in [1.54, 1.807) is 0 Å². The zero-order valence-corrected chi connectivity index (χ0v) is 11.7. The number of amides is 1. The van der Waals surface area contributed by atoms with Crippen molar-refractivity contribution in [2.75, 3.05) is 0 Å². The van der Waals surface area contributed by atoms with Gasteiger partial charge in [0.05, 0.1) is 4.90 Å². The highest BCUT2D eigenvalue weighted by Crippen LogP contribution is 2.33. The van der Waals surface area contributed by atoms with E-state index in [1.165, 1.54) is 5.48 Å². The number of benzene rings is 1. The Morgan fingerprint density at radius 3 is 2.52 bits per heavy atom. The van der Waals surface area contributed by atoms with Crippen molar-refractivity contribution in [2.24, 2.45) is 5.92 Å². The van der Waals surface area contributed by atoms with Crippen molar-refractivity contribution in [3.05, 3.63) is 29.8 Å². The van der Waals surface area contributed by atoms with E-state index in [0.717, 1.165) is 18.9 Å². The van der Waals surface area contributed by atoms with E-state index in [9.17, 15) is 22.0 Å². The SMILES string of the molecule is O=C(NO)C(CC1CC1)NS(=O)(=O)c1ccc(F)c(F)c1. The Bertz CT molecular complexity index is 647. The maximum absolute atomic E-state index is 13.1. The van der Waals surface area contributed by atoms with E-state index in [1.807, 2.05) is 0 Å². The first kappa shape index (κ1) is 15.8. The summed E-state index contributed by atoms with van der Waals surface area (Å²) >= 11 is 0. The lowest BCUT2D eigenvalue weighted by Crippen LogP contribution is -2.46. The molecule has 0 aliphatic heterocycles. The molecule has 1 aliphatic rings. The van der Waals surface area contributed by atoms with Crippen LogP contribution in [0, 0.1) is 17.6 Å². The Labute approximate surface area is 120 Å². The molecule has 1 aromatic carbocycles. The van der Waals surface area contributed by atoms with Gasteiger partial charge in [0.1, 0.15) is 6.04 Å². The molecule has 0 aromatic heterocycles. The minimum absolute atomic E-state index is 0.208. The van der Waals surface area contributed by atoms with Crippen molar-refractivity contribution in [3.63, 3.8) is 0 Å². The van der Waals surface area contributed by atoms with Crippen LogP contribution in [0.1, 0.15) is 19.3 Å². The van der Waals surface area contributed by atoms with E-state index in [-0.39, 0.29) is 12.3 Å². The van der Waals surface area contributed by atoms with Crippen molar-refractivity contribution in [2.45, 2.75) is 30.2 Å². The summed E-state index contributed by atoms with van der Waals surface area (Å²) in [6, 6.07) is 0.945. The number of carbonyl (C=O) groups excluding carboxylic acids is 1. The van der Waals surface area contributed by atoms with Gasteiger partial charge in [-0.2, -0.15) is 4.72 Å². The second-order valence-electron chi connectivity index (χ2n) is 4.90. The first-order valence-electron chi connectivity index (χ1n) is 6.25. The van der Waals surface area contributed by atoms with Crippen LogP contribution in [0.15, 0.2) is 23.1 Å². The Morgan fingerprint density at radius 2 is 2.00 bits per heavy atom. The molecule has 1 saturated carbocycles. The third-order valence-corrected chi connectivity index (χ3v) is 4.66. The molecule has 0 saturated heterocycles. The summed E-state index contributed by atoms with van der Waals surface area (Å²) < 4.78 is 52.2. The smallest absolute Gasteiger partial charge is 0.261 e. The predicted octanol–water partition coefficient (Wildman–Crippen LogP) is 0.917. The first-order chi connectivity index (χ1) is 9.83. The average molecular weight is 320 g/mol. The normalized spacial score (nSPS) is 16.5. The van der Waals surface area contributed by atoms with Gasteiger partial charge in [-0.25, -0.2) is 22.7 Å². The highest BCUT2D eigenvalue weighted by Gasteiger charge is 2.32. The van der Waals surface area contributed by atoms with Gasteiger partial charge in [-0.3, -0.25) is 10.0 Å². The van der Waals surface area contributed by atoms with Crippen LogP contribution in [-0.4, -0.2) is 25.6 Å². The van der Waals surface area contributed by atoms with Crippen molar-refractivity contribution in [1.82, 2.24) is 10.2 Å². The van der Waals surface area contributed by atoms with Crippen molar-refractivity contribution >= 4 is 15.9 Å². The molecule has 0 bridgehead atoms. The molecule has 3 N–H and O–H groups in total. The average Bonchev–Trinajstić information content (AvgIpc) is 3.23. The van der Waals surface area contributed by atoms with Gasteiger partial charge in [0.15, 0.2) is 11.6 Å². The molecule has 1 aliphatic carbocycles. The molecule has 0 spiro atoms. The number of sulfonamides is 1. The summed E-state index contributed by atoms with van der Waals surface area (Å²) in [5.41, 5.74) is 1.39. The molecule has 9 heteroatoms. The van der Waals surface area contributed by atoms with Crippen LogP contribution in [0.25, 0.3) is 0 Å². The molecular formula is C12H14F2N2O4S. The zero-order valence-electron chi connectivity index (χ0n) is 10.8. The molecule has 1 atom stereocenters. The van der Waals surface area contributed by atoms with Crippen LogP contribution < -0.4 is 10.2 Å². The summed E-state index contributed by atoms with van der Waals surface area (Å²) in [6.07, 6.45) is 1.99. The van der Waals surface area contributed by atoms with Crippen LogP contribution in [0.2, 0.25) is 0 Å². The Hall–Kier alpha value is -1.58. The summed E-state index contributed by atoms with van der Waals surface area (Å²) in [5.74, 6) is -3.16. The fourth-order valence-electron chi connectivity index (χ4n) is 1.87. The summed E-state index contributed by atoms with van der Waals surface area (Å²) in [4.78, 5) is 11.0. The number of rotatable bonds is 6. The topological polar surface area (TPSA) is 95.5 Å². The number of hydrogen-bond acceptors (Lipinski definition) is 4. The van der Waals surface area contributed by atoms with E-state index < -0.39 is 38.5 Å². The maximum Gasteiger partial charge on any atom is 0.261 e. The van der Waals surface area contributed by atoms with Crippen LogP contribution in [0.3, 0.4) is 0 Å². The predicted molar refractivity (Wildman–Crippen MR) is 67.7 cm³/mol. The molecule has 6 nitrogen and oxygen atoms in total. The van der Waals surface area contributed by atoms with Gasteiger partial charge in [0, 0.05) is 0 Å². The lowest BCUT2D eigenvalue weighted by Gasteiger charge is -2.16. The second kappa shape index (κ2) is 6.04. The number of hydroxylamine groups is 1. The van der Waals surface area contributed by atoms with Gasteiger partial charge in [0.25, 0.3) is 5.91 Å². The third kappa shape index (κ3) is 3.96. The van der Waals surface area contributed by atoms with Crippen LogP contribution in [0.5, 0.6) is 0 Å². The van der Waals surface area contributed by atoms with E-state index >= 15 is 0 Å². The minimum atomic E-state index is -4.20. The van der Waals surface area contributed by atoms with Gasteiger partial charge in [-0.1, -0.05) is 12.8 Å². The Balaban J connectivity index is 2.20. The highest BCUT2D eigenvalue weighted by molar-refractivity contribution is 7.89. The quantitative estimate of drug-likeness (QED) is 0.536. The van der Waals surface area contributed by atoms with E-state index in [4.69, 9.17) is 5.21 Å². The van der Waals surface area contributed by atoms with Gasteiger partial charge in [-0.05, 0) is 30.5 Å². The van der Waals surface area contributed by atoms with Crippen molar-refractivity contribution < 1.29 is 27.2 Å². The van der Waals surface area contributed by atoms with Gasteiger partial charge < -0.3 is 0 Å².